The maximum atomic E-state index is 16.3. The highest BCUT2D eigenvalue weighted by molar-refractivity contribution is 5.96. The molecule has 0 radical (unpaired) electrons. The predicted octanol–water partition coefficient (Wildman–Crippen LogP) is 6.05. The molecule has 0 saturated carbocycles. The molecule has 1 aliphatic rings. The summed E-state index contributed by atoms with van der Waals surface area (Å²) in [4.78, 5) is 17.0. The Morgan fingerprint density at radius 2 is 1.84 bits per heavy atom. The van der Waals surface area contributed by atoms with Crippen LogP contribution in [0.5, 0.6) is 11.9 Å². The third-order valence-electron chi connectivity index (χ3n) is 6.51. The molecule has 0 aliphatic carbocycles. The number of pyridine rings is 2. The van der Waals surface area contributed by atoms with Crippen LogP contribution in [-0.2, 0) is 12.8 Å². The van der Waals surface area contributed by atoms with Crippen molar-refractivity contribution in [3.8, 4) is 23.1 Å². The fourth-order valence-electron chi connectivity index (χ4n) is 4.52. The van der Waals surface area contributed by atoms with Crippen LogP contribution in [0, 0.1) is 18.6 Å². The first-order chi connectivity index (χ1) is 20.5. The minimum Gasteiger partial charge on any atom is -0.474 e. The summed E-state index contributed by atoms with van der Waals surface area (Å²) in [7, 11) is 0. The van der Waals surface area contributed by atoms with E-state index in [2.05, 4.69) is 30.6 Å². The number of rotatable bonds is 4. The van der Waals surface area contributed by atoms with Gasteiger partial charge in [-0.15, -0.1) is 0 Å². The van der Waals surface area contributed by atoms with E-state index in [0.29, 0.717) is 37.8 Å². The molecule has 4 N–H and O–H groups in total. The summed E-state index contributed by atoms with van der Waals surface area (Å²) < 4.78 is 85.2. The minimum atomic E-state index is -5.05. The predicted molar refractivity (Wildman–Crippen MR) is 153 cm³/mol. The summed E-state index contributed by atoms with van der Waals surface area (Å²) in [6.45, 7) is 8.09. The van der Waals surface area contributed by atoms with Crippen molar-refractivity contribution in [3.05, 3.63) is 58.9 Å². The average molecular weight is 606 g/mol. The summed E-state index contributed by atoms with van der Waals surface area (Å²) in [5.41, 5.74) is 1.55. The highest BCUT2D eigenvalue weighted by atomic mass is 19.4. The Kier molecular flexibility index (Phi) is 9.79. The maximum Gasteiger partial charge on any atom is 0.417 e. The number of ether oxygens (including phenoxy) is 2. The number of benzene rings is 1. The van der Waals surface area contributed by atoms with E-state index in [-0.39, 0.29) is 29.7 Å². The van der Waals surface area contributed by atoms with Gasteiger partial charge in [0, 0.05) is 24.8 Å². The van der Waals surface area contributed by atoms with E-state index in [0.717, 1.165) is 6.92 Å². The summed E-state index contributed by atoms with van der Waals surface area (Å²) >= 11 is 0. The van der Waals surface area contributed by atoms with E-state index in [4.69, 9.17) is 15.2 Å². The second-order valence-corrected chi connectivity index (χ2v) is 9.49. The fourth-order valence-corrected chi connectivity index (χ4v) is 4.52. The van der Waals surface area contributed by atoms with Gasteiger partial charge in [0.1, 0.15) is 34.8 Å². The second-order valence-electron chi connectivity index (χ2n) is 9.49. The largest absolute Gasteiger partial charge is 0.474 e. The standard InChI is InChI=1S/C27H26F5N7O2.C2H6/c1-13-6-8-34-9-10-36-24-18-23(38-26(39-24)40-12-15-5-3-4-7-35-15)21(29)22(37-25(18)41-13)16-11-17(33)20(28)14(2)19(16)27(30,31)32;1-2/h3-5,7,11,13,34H,6,8-10,12,33H2,1-2H3,(H,36,38,39);1-2H3. The summed E-state index contributed by atoms with van der Waals surface area (Å²) in [5.74, 6) is -2.55. The molecule has 1 aliphatic heterocycles. The molecule has 1 unspecified atom stereocenters. The lowest BCUT2D eigenvalue weighted by Crippen LogP contribution is -2.26. The molecule has 0 spiro atoms. The molecule has 1 atom stereocenters. The lowest BCUT2D eigenvalue weighted by Gasteiger charge is -2.21. The zero-order valence-electron chi connectivity index (χ0n) is 24.1. The van der Waals surface area contributed by atoms with Gasteiger partial charge >= 0.3 is 12.2 Å². The van der Waals surface area contributed by atoms with Crippen LogP contribution in [0.25, 0.3) is 22.2 Å². The summed E-state index contributed by atoms with van der Waals surface area (Å²) in [5, 5.41) is 6.33. The van der Waals surface area contributed by atoms with Crippen LogP contribution in [0.1, 0.15) is 44.0 Å². The van der Waals surface area contributed by atoms with Crippen molar-refractivity contribution >= 4 is 22.4 Å². The maximum absolute atomic E-state index is 16.3. The normalized spacial score (nSPS) is 15.4. The molecule has 9 nitrogen and oxygen atoms in total. The summed E-state index contributed by atoms with van der Waals surface area (Å²) in [6, 6.07) is 5.65. The molecule has 1 aromatic carbocycles. The number of hydrogen-bond donors (Lipinski definition) is 3. The highest BCUT2D eigenvalue weighted by Crippen LogP contribution is 2.44. The minimum absolute atomic E-state index is 0.0190. The molecule has 4 heterocycles. The van der Waals surface area contributed by atoms with Crippen LogP contribution in [0.4, 0.5) is 33.5 Å². The van der Waals surface area contributed by atoms with Crippen molar-refractivity contribution < 1.29 is 31.4 Å². The van der Waals surface area contributed by atoms with Gasteiger partial charge in [-0.2, -0.15) is 23.1 Å². The van der Waals surface area contributed by atoms with E-state index < -0.39 is 57.5 Å². The Bertz CT molecular complexity index is 1590. The summed E-state index contributed by atoms with van der Waals surface area (Å²) in [6.07, 6.45) is -3.43. The first kappa shape index (κ1) is 31.6. The number of nitrogen functional groups attached to an aromatic ring is 1. The van der Waals surface area contributed by atoms with Gasteiger partial charge in [-0.3, -0.25) is 4.98 Å². The van der Waals surface area contributed by atoms with Crippen LogP contribution in [0.2, 0.25) is 0 Å². The van der Waals surface area contributed by atoms with Crippen molar-refractivity contribution in [2.45, 2.75) is 53.0 Å². The van der Waals surface area contributed by atoms with Crippen molar-refractivity contribution in [3.63, 3.8) is 0 Å². The van der Waals surface area contributed by atoms with Gasteiger partial charge in [0.25, 0.3) is 0 Å². The Morgan fingerprint density at radius 1 is 1.07 bits per heavy atom. The molecule has 5 rings (SSSR count). The topological polar surface area (TPSA) is 120 Å². The van der Waals surface area contributed by atoms with Crippen LogP contribution in [0.3, 0.4) is 0 Å². The smallest absolute Gasteiger partial charge is 0.417 e. The number of aromatic nitrogens is 4. The van der Waals surface area contributed by atoms with Gasteiger partial charge in [0.15, 0.2) is 5.82 Å². The Hall–Kier alpha value is -4.33. The van der Waals surface area contributed by atoms with E-state index in [1.54, 1.807) is 31.3 Å². The number of halogens is 5. The lowest BCUT2D eigenvalue weighted by atomic mass is 9.96. The molecule has 0 bridgehead atoms. The molecule has 0 amide bonds. The number of alkyl halides is 3. The van der Waals surface area contributed by atoms with Gasteiger partial charge in [-0.1, -0.05) is 19.9 Å². The van der Waals surface area contributed by atoms with E-state index in [1.807, 2.05) is 13.8 Å². The molecule has 0 fully saturated rings. The van der Waals surface area contributed by atoms with E-state index in [9.17, 15) is 17.6 Å². The number of nitrogens with zero attached hydrogens (tertiary/aromatic N) is 4. The fraction of sp³-hybridized carbons (Fsp3) is 0.379. The molecular formula is C29H32F5N7O2. The SMILES string of the molecule is CC.Cc1c(F)c(N)cc(-c2nc3c4c(nc(OCc5ccccn5)nc4c2F)NCCNCCC(C)O3)c1C(F)(F)F. The van der Waals surface area contributed by atoms with Crippen LogP contribution < -0.4 is 25.8 Å². The van der Waals surface area contributed by atoms with Crippen molar-refractivity contribution in [2.75, 3.05) is 30.7 Å². The number of hydrogen-bond acceptors (Lipinski definition) is 9. The quantitative estimate of drug-likeness (QED) is 0.189. The van der Waals surface area contributed by atoms with E-state index in [1.165, 1.54) is 0 Å². The van der Waals surface area contributed by atoms with Gasteiger partial charge in [0.05, 0.1) is 23.0 Å². The molecule has 3 aromatic heterocycles. The average Bonchev–Trinajstić information content (AvgIpc) is 3.01. The Morgan fingerprint density at radius 3 is 2.53 bits per heavy atom. The van der Waals surface area contributed by atoms with Gasteiger partial charge in [-0.25, -0.2) is 13.8 Å². The second kappa shape index (κ2) is 13.3. The van der Waals surface area contributed by atoms with E-state index >= 15 is 4.39 Å². The molecule has 43 heavy (non-hydrogen) atoms. The molecule has 14 heteroatoms. The first-order valence-electron chi connectivity index (χ1n) is 13.8. The van der Waals surface area contributed by atoms with Gasteiger partial charge in [-0.05, 0) is 50.6 Å². The number of anilines is 2. The molecule has 4 aromatic rings. The lowest BCUT2D eigenvalue weighted by molar-refractivity contribution is -0.137. The highest BCUT2D eigenvalue weighted by Gasteiger charge is 2.39. The number of nitrogens with two attached hydrogens (primary N) is 1. The van der Waals surface area contributed by atoms with Crippen LogP contribution >= 0.6 is 0 Å². The third-order valence-corrected chi connectivity index (χ3v) is 6.51. The molecule has 0 saturated heterocycles. The van der Waals surface area contributed by atoms with Crippen molar-refractivity contribution in [1.29, 1.82) is 0 Å². The monoisotopic (exact) mass is 605 g/mol. The zero-order valence-corrected chi connectivity index (χ0v) is 24.1. The first-order valence-corrected chi connectivity index (χ1v) is 13.8. The Balaban J connectivity index is 0.00000207. The molecule has 230 valence electrons. The Labute approximate surface area is 245 Å². The van der Waals surface area contributed by atoms with Gasteiger partial charge in [0.2, 0.25) is 5.88 Å². The third kappa shape index (κ3) is 6.85. The zero-order chi connectivity index (χ0) is 31.3. The van der Waals surface area contributed by atoms with Crippen LogP contribution in [-0.4, -0.2) is 45.7 Å². The van der Waals surface area contributed by atoms with Crippen molar-refractivity contribution in [1.82, 2.24) is 25.3 Å². The van der Waals surface area contributed by atoms with Crippen molar-refractivity contribution in [2.24, 2.45) is 0 Å². The number of nitrogens with one attached hydrogen (secondary N) is 2. The molecular weight excluding hydrogens is 573 g/mol. The van der Waals surface area contributed by atoms with Crippen LogP contribution in [0.15, 0.2) is 30.5 Å². The van der Waals surface area contributed by atoms with Gasteiger partial charge < -0.3 is 25.8 Å².